The number of hydrogen-bond donors (Lipinski definition) is 1. The summed E-state index contributed by atoms with van der Waals surface area (Å²) in [6.45, 7) is 0. The molecule has 21 heavy (non-hydrogen) atoms. The van der Waals surface area contributed by atoms with E-state index in [9.17, 15) is 4.79 Å². The van der Waals surface area contributed by atoms with Gasteiger partial charge in [-0.3, -0.25) is 0 Å². The van der Waals surface area contributed by atoms with Crippen molar-refractivity contribution in [1.29, 1.82) is 0 Å². The van der Waals surface area contributed by atoms with Gasteiger partial charge in [-0.2, -0.15) is 5.10 Å². The highest BCUT2D eigenvalue weighted by Crippen LogP contribution is 2.27. The molecule has 0 radical (unpaired) electrons. The number of hydrogen-bond acceptors (Lipinski definition) is 4. The molecular formula is C16H12N2O2S. The summed E-state index contributed by atoms with van der Waals surface area (Å²) in [5, 5.41) is 7.58. The van der Waals surface area contributed by atoms with Crippen LogP contribution >= 0.6 is 11.8 Å². The first-order chi connectivity index (χ1) is 10.3. The Morgan fingerprint density at radius 3 is 2.38 bits per heavy atom. The molecule has 1 heterocycles. The second-order valence-electron chi connectivity index (χ2n) is 4.24. The molecule has 104 valence electrons. The van der Waals surface area contributed by atoms with Crippen molar-refractivity contribution in [3.63, 3.8) is 0 Å². The van der Waals surface area contributed by atoms with Crippen LogP contribution in [0, 0.1) is 0 Å². The van der Waals surface area contributed by atoms with Crippen LogP contribution in [0.15, 0.2) is 76.7 Å². The number of aromatic nitrogens is 2. The minimum Gasteiger partial charge on any atom is -0.404 e. The zero-order valence-electron chi connectivity index (χ0n) is 11.0. The van der Waals surface area contributed by atoms with E-state index >= 15 is 0 Å². The number of nitrogens with zero attached hydrogens (tertiary/aromatic N) is 1. The summed E-state index contributed by atoms with van der Waals surface area (Å²) in [6.07, 6.45) is 0. The number of ether oxygens (including phenoxy) is 1. The van der Waals surface area contributed by atoms with Gasteiger partial charge in [0.2, 0.25) is 5.88 Å². The lowest BCUT2D eigenvalue weighted by molar-refractivity contribution is 0.0727. The molecule has 0 bridgehead atoms. The Morgan fingerprint density at radius 1 is 1.00 bits per heavy atom. The third-order valence-corrected chi connectivity index (χ3v) is 3.63. The number of nitrogens with one attached hydrogen (secondary N) is 1. The monoisotopic (exact) mass is 296 g/mol. The fourth-order valence-corrected chi connectivity index (χ4v) is 2.53. The van der Waals surface area contributed by atoms with Gasteiger partial charge < -0.3 is 4.74 Å². The second-order valence-corrected chi connectivity index (χ2v) is 5.33. The quantitative estimate of drug-likeness (QED) is 0.744. The number of benzene rings is 2. The van der Waals surface area contributed by atoms with Gasteiger partial charge in [0, 0.05) is 11.0 Å². The maximum Gasteiger partial charge on any atom is 0.344 e. The van der Waals surface area contributed by atoms with Crippen LogP contribution in [0.5, 0.6) is 5.88 Å². The van der Waals surface area contributed by atoms with Crippen molar-refractivity contribution in [2.75, 3.05) is 0 Å². The third kappa shape index (κ3) is 3.52. The lowest BCUT2D eigenvalue weighted by Crippen LogP contribution is -2.08. The van der Waals surface area contributed by atoms with E-state index in [2.05, 4.69) is 10.2 Å². The van der Waals surface area contributed by atoms with Gasteiger partial charge in [-0.1, -0.05) is 48.2 Å². The molecule has 2 aromatic carbocycles. The maximum absolute atomic E-state index is 11.9. The first-order valence-electron chi connectivity index (χ1n) is 6.37. The van der Waals surface area contributed by atoms with Gasteiger partial charge in [0.1, 0.15) is 5.03 Å². The molecule has 3 rings (SSSR count). The molecule has 5 heteroatoms. The van der Waals surface area contributed by atoms with Gasteiger partial charge in [0.05, 0.1) is 5.56 Å². The number of aromatic amines is 1. The van der Waals surface area contributed by atoms with Gasteiger partial charge >= 0.3 is 5.97 Å². The van der Waals surface area contributed by atoms with Crippen LogP contribution in [0.4, 0.5) is 0 Å². The molecule has 0 aliphatic heterocycles. The van der Waals surface area contributed by atoms with Crippen LogP contribution in [-0.2, 0) is 0 Å². The van der Waals surface area contributed by atoms with Crippen molar-refractivity contribution in [2.45, 2.75) is 9.92 Å². The summed E-state index contributed by atoms with van der Waals surface area (Å²) in [5.41, 5.74) is 0.504. The molecule has 4 nitrogen and oxygen atoms in total. The average Bonchev–Trinajstić information content (AvgIpc) is 2.96. The Hall–Kier alpha value is -2.53. The minimum absolute atomic E-state index is 0.335. The van der Waals surface area contributed by atoms with Gasteiger partial charge in [0.25, 0.3) is 0 Å². The molecule has 0 saturated carbocycles. The Morgan fingerprint density at radius 2 is 1.67 bits per heavy atom. The van der Waals surface area contributed by atoms with Crippen LogP contribution in [0.3, 0.4) is 0 Å². The van der Waals surface area contributed by atoms with Gasteiger partial charge in [-0.15, -0.1) is 0 Å². The molecule has 0 saturated heterocycles. The van der Waals surface area contributed by atoms with Crippen LogP contribution in [0.25, 0.3) is 0 Å². The Bertz CT molecular complexity index is 726. The predicted molar refractivity (Wildman–Crippen MR) is 80.6 cm³/mol. The number of carbonyl (C=O) groups excluding carboxylic acids is 1. The molecule has 0 amide bonds. The minimum atomic E-state index is -0.407. The number of H-pyrrole nitrogens is 1. The fraction of sp³-hybridized carbons (Fsp3) is 0. The van der Waals surface area contributed by atoms with Crippen molar-refractivity contribution < 1.29 is 9.53 Å². The number of rotatable bonds is 4. The van der Waals surface area contributed by atoms with Gasteiger partial charge in [0.15, 0.2) is 0 Å². The van der Waals surface area contributed by atoms with Crippen molar-refractivity contribution in [1.82, 2.24) is 10.2 Å². The lowest BCUT2D eigenvalue weighted by atomic mass is 10.2. The van der Waals surface area contributed by atoms with E-state index in [4.69, 9.17) is 4.74 Å². The van der Waals surface area contributed by atoms with Gasteiger partial charge in [-0.05, 0) is 24.3 Å². The Labute approximate surface area is 126 Å². The molecule has 0 spiro atoms. The Kier molecular flexibility index (Phi) is 4.02. The zero-order valence-corrected chi connectivity index (χ0v) is 11.8. The fourth-order valence-electron chi connectivity index (χ4n) is 1.73. The molecular weight excluding hydrogens is 284 g/mol. The average molecular weight is 296 g/mol. The smallest absolute Gasteiger partial charge is 0.344 e. The molecule has 1 N–H and O–H groups in total. The summed E-state index contributed by atoms with van der Waals surface area (Å²) in [7, 11) is 0. The molecule has 3 aromatic rings. The highest BCUT2D eigenvalue weighted by molar-refractivity contribution is 7.99. The summed E-state index contributed by atoms with van der Waals surface area (Å²) >= 11 is 1.50. The SMILES string of the molecule is O=C(Oc1cc(Sc2ccccc2)n[nH]1)c1ccccc1. The van der Waals surface area contributed by atoms with E-state index in [0.29, 0.717) is 11.4 Å². The summed E-state index contributed by atoms with van der Waals surface area (Å²) in [6, 6.07) is 20.4. The highest BCUT2D eigenvalue weighted by atomic mass is 32.2. The van der Waals surface area contributed by atoms with Crippen LogP contribution in [0.1, 0.15) is 10.4 Å². The summed E-state index contributed by atoms with van der Waals surface area (Å²) in [4.78, 5) is 13.0. The normalized spacial score (nSPS) is 10.3. The molecule has 0 fully saturated rings. The summed E-state index contributed by atoms with van der Waals surface area (Å²) < 4.78 is 5.25. The van der Waals surface area contributed by atoms with Crippen molar-refractivity contribution in [3.05, 3.63) is 72.3 Å². The molecule has 0 aliphatic rings. The van der Waals surface area contributed by atoms with Crippen LogP contribution in [0.2, 0.25) is 0 Å². The third-order valence-electron chi connectivity index (χ3n) is 2.71. The van der Waals surface area contributed by atoms with E-state index in [1.54, 1.807) is 30.3 Å². The largest absolute Gasteiger partial charge is 0.404 e. The summed E-state index contributed by atoms with van der Waals surface area (Å²) in [5.74, 6) is -0.0715. The molecule has 0 aliphatic carbocycles. The van der Waals surface area contributed by atoms with E-state index in [1.165, 1.54) is 11.8 Å². The topological polar surface area (TPSA) is 55.0 Å². The first-order valence-corrected chi connectivity index (χ1v) is 7.18. The molecule has 1 aromatic heterocycles. The van der Waals surface area contributed by atoms with E-state index < -0.39 is 5.97 Å². The lowest BCUT2D eigenvalue weighted by Gasteiger charge is -2.00. The van der Waals surface area contributed by atoms with E-state index in [1.807, 2.05) is 36.4 Å². The first kappa shape index (κ1) is 13.5. The van der Waals surface area contributed by atoms with Crippen LogP contribution < -0.4 is 4.74 Å². The van der Waals surface area contributed by atoms with Gasteiger partial charge in [-0.25, -0.2) is 9.89 Å². The second kappa shape index (κ2) is 6.28. The molecule has 0 atom stereocenters. The van der Waals surface area contributed by atoms with Crippen LogP contribution in [-0.4, -0.2) is 16.2 Å². The Balaban J connectivity index is 1.67. The molecule has 0 unspecified atom stereocenters. The zero-order chi connectivity index (χ0) is 14.5. The number of carbonyl (C=O) groups is 1. The highest BCUT2D eigenvalue weighted by Gasteiger charge is 2.10. The van der Waals surface area contributed by atoms with Crippen molar-refractivity contribution in [3.8, 4) is 5.88 Å². The van der Waals surface area contributed by atoms with Crippen molar-refractivity contribution >= 4 is 17.7 Å². The predicted octanol–water partition coefficient (Wildman–Crippen LogP) is 3.78. The van der Waals surface area contributed by atoms with E-state index in [-0.39, 0.29) is 0 Å². The van der Waals surface area contributed by atoms with Crippen molar-refractivity contribution in [2.24, 2.45) is 0 Å². The van der Waals surface area contributed by atoms with E-state index in [0.717, 1.165) is 9.92 Å². The standard InChI is InChI=1S/C16H12N2O2S/c19-16(12-7-3-1-4-8-12)20-14-11-15(18-17-14)21-13-9-5-2-6-10-13/h1-11H,(H,17,18). The maximum atomic E-state index is 11.9. The number of esters is 1.